The number of alkyl halides is 3. The monoisotopic (exact) mass is 261 g/mol. The lowest BCUT2D eigenvalue weighted by molar-refractivity contribution is -0.137. The number of carbonyl (C=O) groups is 1. The molecule has 1 aromatic rings. The molecule has 0 spiro atoms. The van der Waals surface area contributed by atoms with Crippen molar-refractivity contribution in [2.24, 2.45) is 0 Å². The summed E-state index contributed by atoms with van der Waals surface area (Å²) >= 11 is 0. The largest absolute Gasteiger partial charge is 0.416 e. The molecule has 0 fully saturated rings. The molecule has 4 nitrogen and oxygen atoms in total. The Morgan fingerprint density at radius 2 is 2.00 bits per heavy atom. The van der Waals surface area contributed by atoms with Crippen LogP contribution in [0.5, 0.6) is 0 Å². The lowest BCUT2D eigenvalue weighted by Crippen LogP contribution is -2.33. The number of carbonyl (C=O) groups excluding carboxylic acids is 1. The van der Waals surface area contributed by atoms with Gasteiger partial charge in [0.1, 0.15) is 0 Å². The summed E-state index contributed by atoms with van der Waals surface area (Å²) in [6.45, 7) is 0.970. The second-order valence-electron chi connectivity index (χ2n) is 3.56. The second-order valence-corrected chi connectivity index (χ2v) is 3.56. The summed E-state index contributed by atoms with van der Waals surface area (Å²) in [5.41, 5.74) is -0.692. The van der Waals surface area contributed by atoms with Crippen LogP contribution in [0.15, 0.2) is 24.3 Å². The molecule has 0 aromatic heterocycles. The van der Waals surface area contributed by atoms with Crippen molar-refractivity contribution in [3.05, 3.63) is 29.8 Å². The molecule has 0 radical (unpaired) electrons. The zero-order chi connectivity index (χ0) is 13.6. The highest BCUT2D eigenvalue weighted by Gasteiger charge is 2.30. The summed E-state index contributed by atoms with van der Waals surface area (Å²) in [6, 6.07) is 3.94. The lowest BCUT2D eigenvalue weighted by atomic mass is 10.2. The van der Waals surface area contributed by atoms with Gasteiger partial charge in [-0.1, -0.05) is 6.07 Å². The summed E-state index contributed by atoms with van der Waals surface area (Å²) in [4.78, 5) is 11.3. The van der Waals surface area contributed by atoms with E-state index in [1.54, 1.807) is 7.05 Å². The molecule has 1 aromatic carbocycles. The third-order valence-electron chi connectivity index (χ3n) is 2.11. The molecule has 0 saturated carbocycles. The minimum atomic E-state index is -4.42. The quantitative estimate of drug-likeness (QED) is 0.726. The average Bonchev–Trinajstić information content (AvgIpc) is 2.28. The van der Waals surface area contributed by atoms with E-state index in [4.69, 9.17) is 0 Å². The predicted octanol–water partition coefficient (Wildman–Crippen LogP) is 2.05. The Labute approximate surface area is 103 Å². The number of amides is 2. The first-order valence-electron chi connectivity index (χ1n) is 5.30. The normalized spacial score (nSPS) is 11.1. The smallest absolute Gasteiger partial charge is 0.337 e. The zero-order valence-electron chi connectivity index (χ0n) is 9.77. The van der Waals surface area contributed by atoms with E-state index in [9.17, 15) is 18.0 Å². The molecular formula is C11H14F3N3O. The van der Waals surface area contributed by atoms with Crippen LogP contribution in [-0.2, 0) is 6.18 Å². The molecule has 0 aliphatic carbocycles. The first kappa shape index (κ1) is 14.3. The van der Waals surface area contributed by atoms with Gasteiger partial charge in [-0.05, 0) is 25.2 Å². The average molecular weight is 261 g/mol. The highest BCUT2D eigenvalue weighted by Crippen LogP contribution is 2.30. The van der Waals surface area contributed by atoms with E-state index < -0.39 is 17.8 Å². The van der Waals surface area contributed by atoms with Crippen LogP contribution in [-0.4, -0.2) is 26.2 Å². The number of rotatable bonds is 4. The third-order valence-corrected chi connectivity index (χ3v) is 2.11. The molecule has 18 heavy (non-hydrogen) atoms. The van der Waals surface area contributed by atoms with E-state index in [0.29, 0.717) is 13.1 Å². The molecule has 0 heterocycles. The first-order valence-corrected chi connectivity index (χ1v) is 5.30. The van der Waals surface area contributed by atoms with E-state index in [1.807, 2.05) is 0 Å². The zero-order valence-corrected chi connectivity index (χ0v) is 9.77. The van der Waals surface area contributed by atoms with Gasteiger partial charge in [-0.15, -0.1) is 0 Å². The minimum absolute atomic E-state index is 0.104. The molecule has 0 unspecified atom stereocenters. The molecule has 0 aliphatic heterocycles. The van der Waals surface area contributed by atoms with Crippen molar-refractivity contribution in [3.8, 4) is 0 Å². The molecule has 0 bridgehead atoms. The van der Waals surface area contributed by atoms with Crippen LogP contribution in [0.2, 0.25) is 0 Å². The fraction of sp³-hybridized carbons (Fsp3) is 0.364. The van der Waals surface area contributed by atoms with Gasteiger partial charge in [0.25, 0.3) is 0 Å². The molecule has 3 N–H and O–H groups in total. The molecule has 1 rings (SSSR count). The van der Waals surface area contributed by atoms with Gasteiger partial charge in [0.05, 0.1) is 5.56 Å². The van der Waals surface area contributed by atoms with Gasteiger partial charge in [-0.2, -0.15) is 13.2 Å². The maximum absolute atomic E-state index is 12.4. The van der Waals surface area contributed by atoms with Crippen LogP contribution in [0.3, 0.4) is 0 Å². The minimum Gasteiger partial charge on any atom is -0.337 e. The number of urea groups is 1. The van der Waals surface area contributed by atoms with Crippen LogP contribution < -0.4 is 16.0 Å². The lowest BCUT2D eigenvalue weighted by Gasteiger charge is -2.10. The summed E-state index contributed by atoms with van der Waals surface area (Å²) in [5, 5.41) is 7.66. The van der Waals surface area contributed by atoms with Gasteiger partial charge in [0.15, 0.2) is 0 Å². The van der Waals surface area contributed by atoms with E-state index in [0.717, 1.165) is 12.1 Å². The topological polar surface area (TPSA) is 53.2 Å². The van der Waals surface area contributed by atoms with Crippen LogP contribution in [0.1, 0.15) is 5.56 Å². The second kappa shape index (κ2) is 6.25. The molecule has 0 aliphatic rings. The number of likely N-dealkylation sites (N-methyl/N-ethyl adjacent to an activating group) is 1. The Morgan fingerprint density at radius 3 is 2.61 bits per heavy atom. The number of anilines is 1. The number of halogens is 3. The Kier molecular flexibility index (Phi) is 4.96. The SMILES string of the molecule is CNCCNC(=O)Nc1cccc(C(F)(F)F)c1. The maximum Gasteiger partial charge on any atom is 0.416 e. The molecule has 2 amide bonds. The standard InChI is InChI=1S/C11H14F3N3O/c1-15-5-6-16-10(18)17-9-4-2-3-8(7-9)11(12,13)14/h2-4,7,15H,5-6H2,1H3,(H2,16,17,18). The van der Waals surface area contributed by atoms with E-state index in [1.165, 1.54) is 12.1 Å². The van der Waals surface area contributed by atoms with E-state index in [2.05, 4.69) is 16.0 Å². The van der Waals surface area contributed by atoms with Gasteiger partial charge >= 0.3 is 12.2 Å². The predicted molar refractivity (Wildman–Crippen MR) is 62.4 cm³/mol. The number of nitrogens with one attached hydrogen (secondary N) is 3. The molecule has 0 saturated heterocycles. The van der Waals surface area contributed by atoms with Crippen molar-refractivity contribution in [1.82, 2.24) is 10.6 Å². The van der Waals surface area contributed by atoms with Gasteiger partial charge in [-0.3, -0.25) is 0 Å². The Balaban J connectivity index is 2.60. The number of hydrogen-bond donors (Lipinski definition) is 3. The van der Waals surface area contributed by atoms with E-state index >= 15 is 0 Å². The van der Waals surface area contributed by atoms with Gasteiger partial charge < -0.3 is 16.0 Å². The van der Waals surface area contributed by atoms with Gasteiger partial charge in [0.2, 0.25) is 0 Å². The highest BCUT2D eigenvalue weighted by molar-refractivity contribution is 5.89. The Hall–Kier alpha value is -1.76. The van der Waals surface area contributed by atoms with Crippen LogP contribution in [0.4, 0.5) is 23.7 Å². The van der Waals surface area contributed by atoms with Gasteiger partial charge in [0, 0.05) is 18.8 Å². The fourth-order valence-corrected chi connectivity index (χ4v) is 1.25. The summed E-state index contributed by atoms with van der Waals surface area (Å²) in [7, 11) is 1.73. The molecular weight excluding hydrogens is 247 g/mol. The van der Waals surface area contributed by atoms with Crippen molar-refractivity contribution in [1.29, 1.82) is 0 Å². The fourth-order valence-electron chi connectivity index (χ4n) is 1.25. The van der Waals surface area contributed by atoms with Crippen molar-refractivity contribution in [2.75, 3.05) is 25.5 Å². The van der Waals surface area contributed by atoms with Crippen molar-refractivity contribution in [3.63, 3.8) is 0 Å². The molecule has 100 valence electrons. The van der Waals surface area contributed by atoms with E-state index in [-0.39, 0.29) is 5.69 Å². The Morgan fingerprint density at radius 1 is 1.28 bits per heavy atom. The van der Waals surface area contributed by atoms with Crippen molar-refractivity contribution < 1.29 is 18.0 Å². The number of hydrogen-bond acceptors (Lipinski definition) is 2. The summed E-state index contributed by atoms with van der Waals surface area (Å²) < 4.78 is 37.3. The third kappa shape index (κ3) is 4.62. The number of benzene rings is 1. The summed E-state index contributed by atoms with van der Waals surface area (Å²) in [6.07, 6.45) is -4.42. The molecule has 7 heteroatoms. The van der Waals surface area contributed by atoms with Crippen LogP contribution in [0.25, 0.3) is 0 Å². The van der Waals surface area contributed by atoms with Crippen LogP contribution >= 0.6 is 0 Å². The van der Waals surface area contributed by atoms with Crippen LogP contribution in [0, 0.1) is 0 Å². The molecule has 0 atom stereocenters. The maximum atomic E-state index is 12.4. The first-order chi connectivity index (χ1) is 8.43. The van der Waals surface area contributed by atoms with Crippen molar-refractivity contribution in [2.45, 2.75) is 6.18 Å². The van der Waals surface area contributed by atoms with Crippen molar-refractivity contribution >= 4 is 11.7 Å². The van der Waals surface area contributed by atoms with Gasteiger partial charge in [-0.25, -0.2) is 4.79 Å². The Bertz CT molecular complexity index is 407. The summed E-state index contributed by atoms with van der Waals surface area (Å²) in [5.74, 6) is 0. The highest BCUT2D eigenvalue weighted by atomic mass is 19.4.